The summed E-state index contributed by atoms with van der Waals surface area (Å²) in [4.78, 5) is 0.351. The van der Waals surface area contributed by atoms with Crippen LogP contribution < -0.4 is 0 Å². The van der Waals surface area contributed by atoms with Gasteiger partial charge in [-0.25, -0.2) is 8.42 Å². The largest absolute Gasteiger partial charge is 0.273 e. The molecule has 1 aliphatic rings. The summed E-state index contributed by atoms with van der Waals surface area (Å²) in [6, 6.07) is 7.03. The standard InChI is InChI=1S/C19H27NO2S/c1-15-6-8-18(9-7-15)23(21,22)20-12-10-16(2)17(11-13-20)14-19(3,4)5/h6-10,12,14,16H,11,13H2,1-5H3/b17-14+. The molecule has 0 spiro atoms. The molecule has 126 valence electrons. The Morgan fingerprint density at radius 2 is 1.78 bits per heavy atom. The number of hydrogen-bond acceptors (Lipinski definition) is 2. The third-order valence-electron chi connectivity index (χ3n) is 3.99. The third kappa shape index (κ3) is 4.47. The molecule has 2 rings (SSSR count). The summed E-state index contributed by atoms with van der Waals surface area (Å²) in [6.45, 7) is 11.1. The van der Waals surface area contributed by atoms with Crippen molar-refractivity contribution >= 4 is 10.0 Å². The molecule has 0 amide bonds. The van der Waals surface area contributed by atoms with Gasteiger partial charge in [-0.15, -0.1) is 0 Å². The van der Waals surface area contributed by atoms with Crippen LogP contribution in [0.15, 0.2) is 53.1 Å². The monoisotopic (exact) mass is 333 g/mol. The molecular formula is C19H27NO2S. The first-order chi connectivity index (χ1) is 10.6. The molecule has 0 saturated heterocycles. The lowest BCUT2D eigenvalue weighted by molar-refractivity contribution is 0.497. The van der Waals surface area contributed by atoms with Crippen LogP contribution in [-0.4, -0.2) is 19.3 Å². The molecule has 1 aromatic rings. The quantitative estimate of drug-likeness (QED) is 0.747. The second-order valence-electron chi connectivity index (χ2n) is 7.39. The summed E-state index contributed by atoms with van der Waals surface area (Å²) in [5.74, 6) is 0.257. The molecule has 0 aliphatic carbocycles. The van der Waals surface area contributed by atoms with E-state index in [-0.39, 0.29) is 11.3 Å². The number of hydrogen-bond donors (Lipinski definition) is 0. The maximum absolute atomic E-state index is 12.8. The summed E-state index contributed by atoms with van der Waals surface area (Å²) in [7, 11) is -3.47. The van der Waals surface area contributed by atoms with Gasteiger partial charge in [0.15, 0.2) is 0 Å². The Kier molecular flexibility index (Phi) is 5.04. The maximum atomic E-state index is 12.8. The van der Waals surface area contributed by atoms with Crippen molar-refractivity contribution in [2.75, 3.05) is 6.54 Å². The number of nitrogens with zero attached hydrogens (tertiary/aromatic N) is 1. The van der Waals surface area contributed by atoms with E-state index in [1.54, 1.807) is 18.3 Å². The molecule has 1 heterocycles. The Morgan fingerprint density at radius 1 is 1.17 bits per heavy atom. The van der Waals surface area contributed by atoms with Crippen LogP contribution in [0, 0.1) is 18.3 Å². The van der Waals surface area contributed by atoms with E-state index in [4.69, 9.17) is 0 Å². The Hall–Kier alpha value is -1.55. The van der Waals surface area contributed by atoms with Crippen LogP contribution >= 0.6 is 0 Å². The van der Waals surface area contributed by atoms with E-state index in [9.17, 15) is 8.42 Å². The van der Waals surface area contributed by atoms with E-state index in [2.05, 4.69) is 33.8 Å². The van der Waals surface area contributed by atoms with Crippen LogP contribution in [0.25, 0.3) is 0 Å². The first kappa shape index (κ1) is 17.8. The highest BCUT2D eigenvalue weighted by atomic mass is 32.2. The normalized spacial score (nSPS) is 21.5. The van der Waals surface area contributed by atoms with Gasteiger partial charge < -0.3 is 0 Å². The van der Waals surface area contributed by atoms with Crippen molar-refractivity contribution in [3.05, 3.63) is 53.8 Å². The van der Waals surface area contributed by atoms with E-state index < -0.39 is 10.0 Å². The highest BCUT2D eigenvalue weighted by Crippen LogP contribution is 2.29. The zero-order valence-corrected chi connectivity index (χ0v) is 15.5. The van der Waals surface area contributed by atoms with Gasteiger partial charge in [-0.1, -0.05) is 63.1 Å². The fourth-order valence-corrected chi connectivity index (χ4v) is 4.01. The average Bonchev–Trinajstić information content (AvgIpc) is 2.61. The van der Waals surface area contributed by atoms with E-state index in [1.807, 2.05) is 25.1 Å². The molecule has 0 saturated carbocycles. The third-order valence-corrected chi connectivity index (χ3v) is 5.78. The molecule has 4 heteroatoms. The molecule has 0 aromatic heterocycles. The molecule has 0 bridgehead atoms. The molecule has 23 heavy (non-hydrogen) atoms. The number of sulfonamides is 1. The maximum Gasteiger partial charge on any atom is 0.263 e. The Morgan fingerprint density at radius 3 is 2.35 bits per heavy atom. The van der Waals surface area contributed by atoms with Crippen molar-refractivity contribution < 1.29 is 8.42 Å². The van der Waals surface area contributed by atoms with Crippen LogP contribution in [0.2, 0.25) is 0 Å². The number of benzene rings is 1. The minimum atomic E-state index is -3.47. The van der Waals surface area contributed by atoms with Crippen LogP contribution in [0.1, 0.15) is 39.7 Å². The van der Waals surface area contributed by atoms with E-state index >= 15 is 0 Å². The molecular weight excluding hydrogens is 306 g/mol. The van der Waals surface area contributed by atoms with Gasteiger partial charge in [0.2, 0.25) is 0 Å². The highest BCUT2D eigenvalue weighted by molar-refractivity contribution is 7.89. The SMILES string of the molecule is Cc1ccc(S(=O)(=O)N2C=CC(C)/C(=C/C(C)(C)C)CC2)cc1. The molecule has 1 aliphatic heterocycles. The molecule has 1 aromatic carbocycles. The fourth-order valence-electron chi connectivity index (χ4n) is 2.70. The highest BCUT2D eigenvalue weighted by Gasteiger charge is 2.24. The van der Waals surface area contributed by atoms with Crippen molar-refractivity contribution in [1.82, 2.24) is 4.31 Å². The summed E-state index contributed by atoms with van der Waals surface area (Å²) < 4.78 is 27.1. The lowest BCUT2D eigenvalue weighted by Gasteiger charge is -2.21. The Bertz CT molecular complexity index is 707. The predicted octanol–water partition coefficient (Wildman–Crippen LogP) is 4.51. The van der Waals surface area contributed by atoms with Gasteiger partial charge in [-0.05, 0) is 36.8 Å². The zero-order valence-electron chi connectivity index (χ0n) is 14.7. The fraction of sp³-hybridized carbons (Fsp3) is 0.474. The first-order valence-corrected chi connectivity index (χ1v) is 9.52. The van der Waals surface area contributed by atoms with Crippen LogP contribution in [0.3, 0.4) is 0 Å². The van der Waals surface area contributed by atoms with Crippen molar-refractivity contribution in [3.63, 3.8) is 0 Å². The van der Waals surface area contributed by atoms with Gasteiger partial charge in [-0.3, -0.25) is 4.31 Å². The van der Waals surface area contributed by atoms with Gasteiger partial charge in [-0.2, -0.15) is 0 Å². The molecule has 1 atom stereocenters. The lowest BCUT2D eigenvalue weighted by atomic mass is 9.88. The minimum absolute atomic E-state index is 0.0996. The van der Waals surface area contributed by atoms with E-state index in [0.717, 1.165) is 12.0 Å². The van der Waals surface area contributed by atoms with Gasteiger partial charge in [0, 0.05) is 12.7 Å². The average molecular weight is 333 g/mol. The second kappa shape index (κ2) is 6.52. The molecule has 0 radical (unpaired) electrons. The lowest BCUT2D eigenvalue weighted by Crippen LogP contribution is -2.26. The van der Waals surface area contributed by atoms with Crippen LogP contribution in [0.4, 0.5) is 0 Å². The minimum Gasteiger partial charge on any atom is -0.273 e. The topological polar surface area (TPSA) is 37.4 Å². The molecule has 0 fully saturated rings. The van der Waals surface area contributed by atoms with Crippen molar-refractivity contribution in [1.29, 1.82) is 0 Å². The second-order valence-corrected chi connectivity index (χ2v) is 9.28. The van der Waals surface area contributed by atoms with Gasteiger partial charge in [0.25, 0.3) is 10.0 Å². The van der Waals surface area contributed by atoms with Crippen LogP contribution in [-0.2, 0) is 10.0 Å². The molecule has 1 unspecified atom stereocenters. The Balaban J connectivity index is 2.28. The Labute approximate surface area is 140 Å². The van der Waals surface area contributed by atoms with Crippen molar-refractivity contribution in [2.45, 2.75) is 45.9 Å². The number of allylic oxidation sites excluding steroid dienone is 2. The zero-order chi connectivity index (χ0) is 17.3. The van der Waals surface area contributed by atoms with E-state index in [1.165, 1.54) is 9.88 Å². The predicted molar refractivity (Wildman–Crippen MR) is 95.5 cm³/mol. The van der Waals surface area contributed by atoms with E-state index in [0.29, 0.717) is 11.4 Å². The van der Waals surface area contributed by atoms with Gasteiger partial charge in [0.05, 0.1) is 4.90 Å². The van der Waals surface area contributed by atoms with Gasteiger partial charge in [0.1, 0.15) is 0 Å². The first-order valence-electron chi connectivity index (χ1n) is 8.08. The van der Waals surface area contributed by atoms with Crippen molar-refractivity contribution in [2.24, 2.45) is 11.3 Å². The number of aryl methyl sites for hydroxylation is 1. The smallest absolute Gasteiger partial charge is 0.263 e. The summed E-state index contributed by atoms with van der Waals surface area (Å²) >= 11 is 0. The van der Waals surface area contributed by atoms with Gasteiger partial charge >= 0.3 is 0 Å². The molecule has 3 nitrogen and oxygen atoms in total. The van der Waals surface area contributed by atoms with Crippen molar-refractivity contribution in [3.8, 4) is 0 Å². The summed E-state index contributed by atoms with van der Waals surface area (Å²) in [5.41, 5.74) is 2.46. The number of rotatable bonds is 2. The summed E-state index contributed by atoms with van der Waals surface area (Å²) in [5, 5.41) is 0. The molecule has 0 N–H and O–H groups in total. The summed E-state index contributed by atoms with van der Waals surface area (Å²) in [6.07, 6.45) is 6.74. The van der Waals surface area contributed by atoms with Crippen LogP contribution in [0.5, 0.6) is 0 Å².